The highest BCUT2D eigenvalue weighted by Crippen LogP contribution is 2.46. The number of methoxy groups -OCH3 is 1. The Morgan fingerprint density at radius 3 is 2.43 bits per heavy atom. The van der Waals surface area contributed by atoms with E-state index in [-0.39, 0.29) is 39.1 Å². The molecule has 12 nitrogen and oxygen atoms in total. The van der Waals surface area contributed by atoms with Gasteiger partial charge < -0.3 is 17.6 Å². The number of hydrogen-bond donors (Lipinski definition) is 1. The molecule has 1 fully saturated rings. The van der Waals surface area contributed by atoms with Gasteiger partial charge in [-0.05, 0) is 12.8 Å². The van der Waals surface area contributed by atoms with Gasteiger partial charge in [0.2, 0.25) is 11.7 Å². The molecule has 0 aromatic carbocycles. The van der Waals surface area contributed by atoms with Crippen molar-refractivity contribution in [2.24, 2.45) is 10.2 Å². The Balaban J connectivity index is 2.13. The predicted molar refractivity (Wildman–Crippen MR) is 122 cm³/mol. The minimum absolute atomic E-state index is 0.126. The predicted octanol–water partition coefficient (Wildman–Crippen LogP) is 4.49. The second-order valence-electron chi connectivity index (χ2n) is 7.79. The molecule has 2 aromatic rings. The molecule has 0 bridgehead atoms. The smallest absolute Gasteiger partial charge is 0.461 e. The van der Waals surface area contributed by atoms with Crippen LogP contribution in [0.2, 0.25) is 0 Å². The van der Waals surface area contributed by atoms with Crippen molar-refractivity contribution in [1.82, 2.24) is 19.3 Å². The molecule has 37 heavy (non-hydrogen) atoms. The van der Waals surface area contributed by atoms with Crippen LogP contribution in [-0.4, -0.2) is 57.4 Å². The first-order valence-electron chi connectivity index (χ1n) is 10.6. The summed E-state index contributed by atoms with van der Waals surface area (Å²) in [7, 11) is 1.36. The van der Waals surface area contributed by atoms with Crippen LogP contribution in [0.5, 0.6) is 11.6 Å². The van der Waals surface area contributed by atoms with Gasteiger partial charge in [0.1, 0.15) is 12.4 Å². The number of hydrogen-bond acceptors (Lipinski definition) is 10. The molecule has 0 spiro atoms. The number of pyridine rings is 1. The molecule has 0 atom stereocenters. The summed E-state index contributed by atoms with van der Waals surface area (Å²) in [5.74, 6) is -9.01. The molecule has 18 heteroatoms. The van der Waals surface area contributed by atoms with Crippen molar-refractivity contribution in [2.45, 2.75) is 50.4 Å². The third kappa shape index (κ3) is 5.74. The van der Waals surface area contributed by atoms with Crippen LogP contribution in [0.15, 0.2) is 15.0 Å². The van der Waals surface area contributed by atoms with Crippen molar-refractivity contribution in [3.05, 3.63) is 21.7 Å². The van der Waals surface area contributed by atoms with E-state index in [1.54, 1.807) is 0 Å². The average Bonchev–Trinajstić information content (AvgIpc) is 3.51. The van der Waals surface area contributed by atoms with Crippen LogP contribution in [0, 0.1) is 0 Å². The van der Waals surface area contributed by atoms with Crippen molar-refractivity contribution in [3.8, 4) is 11.6 Å². The summed E-state index contributed by atoms with van der Waals surface area (Å²) in [6.45, 7) is -0.523. The summed E-state index contributed by atoms with van der Waals surface area (Å²) in [5, 5.41) is 24.4. The summed E-state index contributed by atoms with van der Waals surface area (Å²) in [4.78, 5) is 24.2. The molecule has 2 aromatic heterocycles. The van der Waals surface area contributed by atoms with Crippen molar-refractivity contribution < 1.29 is 44.4 Å². The highest BCUT2D eigenvalue weighted by atomic mass is 127. The molecule has 0 saturated heterocycles. The van der Waals surface area contributed by atoms with Gasteiger partial charge in [0, 0.05) is 13.2 Å². The molecule has 0 amide bonds. The fourth-order valence-corrected chi connectivity index (χ4v) is 4.20. The highest BCUT2D eigenvalue weighted by molar-refractivity contribution is 14.1. The lowest BCUT2D eigenvalue weighted by atomic mass is 10.2. The Morgan fingerprint density at radius 2 is 1.86 bits per heavy atom. The third-order valence-electron chi connectivity index (χ3n) is 5.50. The van der Waals surface area contributed by atoms with Gasteiger partial charge in [-0.25, -0.2) is 0 Å². The number of halogens is 6. The Kier molecular flexibility index (Phi) is 9.16. The normalized spacial score (nSPS) is 15.1. The van der Waals surface area contributed by atoms with Crippen molar-refractivity contribution in [1.29, 1.82) is 0 Å². The van der Waals surface area contributed by atoms with E-state index in [1.807, 2.05) is 0 Å². The lowest BCUT2D eigenvalue weighted by molar-refractivity contribution is -0.293. The Morgan fingerprint density at radius 1 is 1.19 bits per heavy atom. The van der Waals surface area contributed by atoms with Gasteiger partial charge in [-0.2, -0.15) is 22.0 Å². The number of carbonyl (C=O) groups is 1. The van der Waals surface area contributed by atoms with E-state index in [4.69, 9.17) is 12.5 Å². The maximum Gasteiger partial charge on any atom is 0.461 e. The number of nitrogens with zero attached hydrogens (tertiary/aromatic N) is 6. The van der Waals surface area contributed by atoms with Crippen LogP contribution in [0.4, 0.5) is 33.6 Å². The minimum atomic E-state index is -5.94. The van der Waals surface area contributed by atoms with E-state index in [1.165, 1.54) is 30.1 Å². The number of alkyl halides is 5. The largest absolute Gasteiger partial charge is 0.493 e. The molecule has 0 aliphatic heterocycles. The van der Waals surface area contributed by atoms with E-state index >= 15 is 0 Å². The van der Waals surface area contributed by atoms with Crippen LogP contribution in [0.3, 0.4) is 0 Å². The zero-order valence-corrected chi connectivity index (χ0v) is 21.2. The zero-order chi connectivity index (χ0) is 27.4. The first-order chi connectivity index (χ1) is 17.5. The Labute approximate surface area is 219 Å². The molecule has 2 heterocycles. The monoisotopic (exact) mass is 650 g/mol. The lowest BCUT2D eigenvalue weighted by Gasteiger charge is -2.22. The highest BCUT2D eigenvalue weighted by Gasteiger charge is 2.62. The van der Waals surface area contributed by atoms with Gasteiger partial charge in [0.05, 0.1) is 13.2 Å². The van der Waals surface area contributed by atoms with Crippen molar-refractivity contribution >= 4 is 40.9 Å². The summed E-state index contributed by atoms with van der Waals surface area (Å²) in [5.41, 5.74) is -2.09. The lowest BCUT2D eigenvalue weighted by Crippen LogP contribution is -2.37. The molecular formula is C19H20F5IN6O6. The number of azo groups is 1. The van der Waals surface area contributed by atoms with Gasteiger partial charge in [0.25, 0.3) is 11.5 Å². The topological polar surface area (TPSA) is 142 Å². The first kappa shape index (κ1) is 28.8. The SMILES string of the molecule is COCOCCn1c(O)c(N=Nc2nnc(C(F)(F)C(F)(F)F)n2C2CCCC2)c(OI)c(C=O)c1=O. The summed E-state index contributed by atoms with van der Waals surface area (Å²) in [6, 6.07) is -0.807. The maximum atomic E-state index is 14.2. The fraction of sp³-hybridized carbons (Fsp3) is 0.579. The van der Waals surface area contributed by atoms with E-state index in [0.717, 1.165) is 4.57 Å². The van der Waals surface area contributed by atoms with Crippen LogP contribution >= 0.6 is 23.0 Å². The van der Waals surface area contributed by atoms with E-state index in [0.29, 0.717) is 17.4 Å². The number of aromatic hydroxyl groups is 1. The van der Waals surface area contributed by atoms with Gasteiger partial charge in [-0.1, -0.05) is 12.8 Å². The van der Waals surface area contributed by atoms with E-state index in [2.05, 4.69) is 20.4 Å². The average molecular weight is 650 g/mol. The number of aldehydes is 1. The molecule has 0 radical (unpaired) electrons. The standard InChI is InChI=1S/C19H20F5IN6O6/c1-35-9-36-7-6-30-14(33)11(8-32)13(37-25)12(15(30)34)26-28-17-29-27-16(18(20,21)19(22,23)24)31(17)10-4-2-3-5-10/h8,10,34H,2-7,9H2,1H3. The zero-order valence-electron chi connectivity index (χ0n) is 19.0. The summed E-state index contributed by atoms with van der Waals surface area (Å²) < 4.78 is 83.8. The Bertz CT molecular complexity index is 1210. The van der Waals surface area contributed by atoms with Crippen molar-refractivity contribution in [2.75, 3.05) is 20.5 Å². The molecule has 1 N–H and O–H groups in total. The summed E-state index contributed by atoms with van der Waals surface area (Å²) in [6.07, 6.45) is -4.10. The molecule has 0 unspecified atom stereocenters. The second-order valence-corrected chi connectivity index (χ2v) is 8.23. The maximum absolute atomic E-state index is 14.2. The molecule has 1 aliphatic rings. The van der Waals surface area contributed by atoms with Crippen LogP contribution in [0.25, 0.3) is 0 Å². The Hall–Kier alpha value is -2.74. The third-order valence-corrected chi connectivity index (χ3v) is 5.94. The van der Waals surface area contributed by atoms with Gasteiger partial charge in [-0.15, -0.1) is 20.4 Å². The molecule has 3 rings (SSSR count). The summed E-state index contributed by atoms with van der Waals surface area (Å²) >= 11 is 1.31. The van der Waals surface area contributed by atoms with E-state index < -0.39 is 58.4 Å². The molecule has 1 saturated carbocycles. The first-order valence-corrected chi connectivity index (χ1v) is 11.5. The van der Waals surface area contributed by atoms with Gasteiger partial charge in [-0.3, -0.25) is 18.7 Å². The molecule has 1 aliphatic carbocycles. The van der Waals surface area contributed by atoms with Crippen molar-refractivity contribution in [3.63, 3.8) is 0 Å². The van der Waals surface area contributed by atoms with Gasteiger partial charge >= 0.3 is 12.1 Å². The second kappa shape index (κ2) is 11.8. The number of ether oxygens (including phenoxy) is 2. The quantitative estimate of drug-likeness (QED) is 0.0937. The fourth-order valence-electron chi connectivity index (χ4n) is 3.76. The van der Waals surface area contributed by atoms with Crippen LogP contribution in [0.1, 0.15) is 47.9 Å². The number of carbonyl (C=O) groups excluding carboxylic acids is 1. The molecule has 204 valence electrons. The van der Waals surface area contributed by atoms with E-state index in [9.17, 15) is 36.6 Å². The van der Waals surface area contributed by atoms with Crippen LogP contribution < -0.4 is 8.63 Å². The number of aromatic nitrogens is 4. The minimum Gasteiger partial charge on any atom is -0.493 e. The van der Waals surface area contributed by atoms with Crippen LogP contribution in [-0.2, 0) is 21.9 Å². The molecular weight excluding hydrogens is 630 g/mol. The number of rotatable bonds is 11. The van der Waals surface area contributed by atoms with Gasteiger partial charge in [0.15, 0.2) is 40.7 Å².